The van der Waals surface area contributed by atoms with Gasteiger partial charge in [-0.3, -0.25) is 0 Å². The van der Waals surface area contributed by atoms with Crippen LogP contribution in [0.2, 0.25) is 0 Å². The number of hydrogen-bond acceptors (Lipinski definition) is 3. The van der Waals surface area contributed by atoms with Gasteiger partial charge in [0.05, 0.1) is 12.2 Å². The lowest BCUT2D eigenvalue weighted by Crippen LogP contribution is -2.40. The number of nitrogens with zero attached hydrogens (tertiary/aromatic N) is 2. The van der Waals surface area contributed by atoms with Gasteiger partial charge in [0, 0.05) is 12.2 Å². The van der Waals surface area contributed by atoms with E-state index in [1.807, 2.05) is 6.07 Å². The highest BCUT2D eigenvalue weighted by Gasteiger charge is 2.15. The van der Waals surface area contributed by atoms with Crippen molar-refractivity contribution in [2.24, 2.45) is 0 Å². The summed E-state index contributed by atoms with van der Waals surface area (Å²) in [6.45, 7) is 0.654. The molecule has 0 amide bonds. The molecule has 1 aliphatic rings. The molecule has 0 bridgehead atoms. The number of nitrogens with one attached hydrogen (secondary N) is 2. The molecule has 1 saturated carbocycles. The van der Waals surface area contributed by atoms with E-state index in [4.69, 9.17) is 12.2 Å². The standard InChI is InChI=1S/C11H16N4S/c16-11(15-9-3-1-2-4-9)13-7-10-5-6-12-8-14-10/h5-6,8-9H,1-4,7H2,(H2,13,15,16). The minimum absolute atomic E-state index is 0.561. The Morgan fingerprint density at radius 1 is 1.44 bits per heavy atom. The van der Waals surface area contributed by atoms with Gasteiger partial charge in [-0.15, -0.1) is 0 Å². The summed E-state index contributed by atoms with van der Waals surface area (Å²) in [5.74, 6) is 0. The van der Waals surface area contributed by atoms with E-state index in [1.54, 1.807) is 12.5 Å². The second-order valence-corrected chi connectivity index (χ2v) is 4.42. The lowest BCUT2D eigenvalue weighted by molar-refractivity contribution is 0.620. The fourth-order valence-corrected chi connectivity index (χ4v) is 2.14. The zero-order valence-corrected chi connectivity index (χ0v) is 9.96. The van der Waals surface area contributed by atoms with Crippen LogP contribution in [0.25, 0.3) is 0 Å². The van der Waals surface area contributed by atoms with E-state index in [0.717, 1.165) is 10.8 Å². The van der Waals surface area contributed by atoms with Crippen LogP contribution in [0.3, 0.4) is 0 Å². The van der Waals surface area contributed by atoms with Gasteiger partial charge >= 0.3 is 0 Å². The lowest BCUT2D eigenvalue weighted by Gasteiger charge is -2.15. The predicted molar refractivity (Wildman–Crippen MR) is 66.9 cm³/mol. The van der Waals surface area contributed by atoms with Gasteiger partial charge in [-0.25, -0.2) is 9.97 Å². The molecule has 0 aliphatic heterocycles. The zero-order chi connectivity index (χ0) is 11.2. The molecule has 2 rings (SSSR count). The molecule has 1 aromatic heterocycles. The van der Waals surface area contributed by atoms with Crippen LogP contribution >= 0.6 is 12.2 Å². The summed E-state index contributed by atoms with van der Waals surface area (Å²) in [5, 5.41) is 7.21. The van der Waals surface area contributed by atoms with Crippen LogP contribution in [0, 0.1) is 0 Å². The molecular formula is C11H16N4S. The second kappa shape index (κ2) is 5.75. The van der Waals surface area contributed by atoms with Crippen LogP contribution in [0.5, 0.6) is 0 Å². The van der Waals surface area contributed by atoms with Gasteiger partial charge in [-0.2, -0.15) is 0 Å². The van der Waals surface area contributed by atoms with Gasteiger partial charge in [-0.1, -0.05) is 12.8 Å². The minimum atomic E-state index is 0.561. The van der Waals surface area contributed by atoms with E-state index in [9.17, 15) is 0 Å². The van der Waals surface area contributed by atoms with Gasteiger partial charge in [-0.05, 0) is 31.1 Å². The molecule has 16 heavy (non-hydrogen) atoms. The van der Waals surface area contributed by atoms with Crippen molar-refractivity contribution in [3.8, 4) is 0 Å². The van der Waals surface area contributed by atoms with Crippen LogP contribution in [-0.2, 0) is 6.54 Å². The molecule has 86 valence electrons. The van der Waals surface area contributed by atoms with Crippen LogP contribution in [0.15, 0.2) is 18.6 Å². The highest BCUT2D eigenvalue weighted by molar-refractivity contribution is 7.80. The molecule has 0 atom stereocenters. The third-order valence-electron chi connectivity index (χ3n) is 2.76. The quantitative estimate of drug-likeness (QED) is 0.777. The minimum Gasteiger partial charge on any atom is -0.360 e. The summed E-state index contributed by atoms with van der Waals surface area (Å²) >= 11 is 5.22. The maximum Gasteiger partial charge on any atom is 0.166 e. The fourth-order valence-electron chi connectivity index (χ4n) is 1.90. The van der Waals surface area contributed by atoms with Crippen LogP contribution in [0.4, 0.5) is 0 Å². The summed E-state index contributed by atoms with van der Waals surface area (Å²) in [4.78, 5) is 7.99. The van der Waals surface area contributed by atoms with Crippen LogP contribution in [-0.4, -0.2) is 21.1 Å². The van der Waals surface area contributed by atoms with Crippen molar-refractivity contribution < 1.29 is 0 Å². The third kappa shape index (κ3) is 3.41. The lowest BCUT2D eigenvalue weighted by atomic mass is 10.3. The van der Waals surface area contributed by atoms with E-state index in [2.05, 4.69) is 20.6 Å². The van der Waals surface area contributed by atoms with Crippen molar-refractivity contribution in [2.75, 3.05) is 0 Å². The van der Waals surface area contributed by atoms with E-state index in [-0.39, 0.29) is 0 Å². The van der Waals surface area contributed by atoms with E-state index >= 15 is 0 Å². The number of thiocarbonyl (C=S) groups is 1. The molecule has 1 fully saturated rings. The number of aromatic nitrogens is 2. The van der Waals surface area contributed by atoms with Crippen molar-refractivity contribution >= 4 is 17.3 Å². The molecule has 5 heteroatoms. The zero-order valence-electron chi connectivity index (χ0n) is 9.15. The maximum absolute atomic E-state index is 5.22. The highest BCUT2D eigenvalue weighted by atomic mass is 32.1. The van der Waals surface area contributed by atoms with Gasteiger partial charge in [0.1, 0.15) is 6.33 Å². The van der Waals surface area contributed by atoms with Gasteiger partial charge in [0.25, 0.3) is 0 Å². The van der Waals surface area contributed by atoms with Crippen molar-refractivity contribution in [3.63, 3.8) is 0 Å². The Morgan fingerprint density at radius 2 is 2.25 bits per heavy atom. The van der Waals surface area contributed by atoms with Crippen LogP contribution in [0.1, 0.15) is 31.4 Å². The molecule has 0 radical (unpaired) electrons. The Morgan fingerprint density at radius 3 is 2.94 bits per heavy atom. The average Bonchev–Trinajstić information content (AvgIpc) is 2.81. The first-order chi connectivity index (χ1) is 7.84. The van der Waals surface area contributed by atoms with Crippen molar-refractivity contribution in [1.82, 2.24) is 20.6 Å². The molecular weight excluding hydrogens is 220 g/mol. The summed E-state index contributed by atoms with van der Waals surface area (Å²) in [5.41, 5.74) is 0.950. The second-order valence-electron chi connectivity index (χ2n) is 4.01. The van der Waals surface area contributed by atoms with Gasteiger partial charge in [0.2, 0.25) is 0 Å². The molecule has 0 unspecified atom stereocenters. The highest BCUT2D eigenvalue weighted by Crippen LogP contribution is 2.17. The topological polar surface area (TPSA) is 49.8 Å². The average molecular weight is 236 g/mol. The molecule has 0 aromatic carbocycles. The largest absolute Gasteiger partial charge is 0.360 e. The Balaban J connectivity index is 1.71. The molecule has 1 heterocycles. The first-order valence-electron chi connectivity index (χ1n) is 5.64. The van der Waals surface area contributed by atoms with E-state index < -0.39 is 0 Å². The van der Waals surface area contributed by atoms with Gasteiger partial charge in [0.15, 0.2) is 5.11 Å². The fraction of sp³-hybridized carbons (Fsp3) is 0.545. The van der Waals surface area contributed by atoms with Crippen LogP contribution < -0.4 is 10.6 Å². The number of rotatable bonds is 3. The van der Waals surface area contributed by atoms with Gasteiger partial charge < -0.3 is 10.6 Å². The smallest absolute Gasteiger partial charge is 0.166 e. The number of hydrogen-bond donors (Lipinski definition) is 2. The summed E-state index contributed by atoms with van der Waals surface area (Å²) in [6.07, 6.45) is 8.37. The van der Waals surface area contributed by atoms with Crippen molar-refractivity contribution in [3.05, 3.63) is 24.3 Å². The summed E-state index contributed by atoms with van der Waals surface area (Å²) in [7, 11) is 0. The monoisotopic (exact) mass is 236 g/mol. The maximum atomic E-state index is 5.22. The Kier molecular flexibility index (Phi) is 4.04. The normalized spacial score (nSPS) is 16.0. The molecule has 2 N–H and O–H groups in total. The first-order valence-corrected chi connectivity index (χ1v) is 6.04. The molecule has 0 saturated heterocycles. The Bertz CT molecular complexity index is 335. The summed E-state index contributed by atoms with van der Waals surface area (Å²) in [6, 6.07) is 2.44. The molecule has 1 aliphatic carbocycles. The van der Waals surface area contributed by atoms with Crippen molar-refractivity contribution in [1.29, 1.82) is 0 Å². The molecule has 4 nitrogen and oxygen atoms in total. The Hall–Kier alpha value is -1.23. The Labute approximate surface area is 101 Å². The van der Waals surface area contributed by atoms with E-state index in [1.165, 1.54) is 25.7 Å². The van der Waals surface area contributed by atoms with E-state index in [0.29, 0.717) is 12.6 Å². The first kappa shape index (κ1) is 11.3. The third-order valence-corrected chi connectivity index (χ3v) is 3.03. The van der Waals surface area contributed by atoms with Crippen molar-refractivity contribution in [2.45, 2.75) is 38.3 Å². The predicted octanol–water partition coefficient (Wildman–Crippen LogP) is 1.38. The molecule has 1 aromatic rings. The SMILES string of the molecule is S=C(NCc1ccncn1)NC1CCCC1. The molecule has 0 spiro atoms. The summed E-state index contributed by atoms with van der Waals surface area (Å²) < 4.78 is 0.